The Balaban J connectivity index is 1.31. The Labute approximate surface area is 220 Å². The number of Topliss-reactive ketones (excluding diaryl/α,β-unsaturated/α-hetero) is 1. The topological polar surface area (TPSA) is 69.0 Å². The summed E-state index contributed by atoms with van der Waals surface area (Å²) >= 11 is 1.60. The summed E-state index contributed by atoms with van der Waals surface area (Å²) in [5.74, 6) is 2.40. The number of nitrogens with one attached hydrogen (secondary N) is 1. The van der Waals surface area contributed by atoms with Crippen LogP contribution in [0.2, 0.25) is 0 Å². The maximum Gasteiger partial charge on any atom is 0.227 e. The van der Waals surface area contributed by atoms with Crippen molar-refractivity contribution in [3.8, 4) is 5.75 Å². The molecule has 1 N–H and O–H groups in total. The van der Waals surface area contributed by atoms with E-state index in [4.69, 9.17) is 14.8 Å². The van der Waals surface area contributed by atoms with Crippen LogP contribution in [0.1, 0.15) is 47.6 Å². The number of carbonyl (C=O) groups is 1. The van der Waals surface area contributed by atoms with Crippen LogP contribution >= 0.6 is 11.8 Å². The summed E-state index contributed by atoms with van der Waals surface area (Å²) in [7, 11) is 0. The van der Waals surface area contributed by atoms with Crippen LogP contribution in [0.5, 0.6) is 5.75 Å². The molecule has 1 aliphatic heterocycles. The summed E-state index contributed by atoms with van der Waals surface area (Å²) in [6.45, 7) is 2.58. The van der Waals surface area contributed by atoms with Gasteiger partial charge < -0.3 is 10.1 Å². The lowest BCUT2D eigenvalue weighted by molar-refractivity contribution is -0.116. The molecule has 1 aromatic heterocycles. The number of rotatable bonds is 7. The minimum atomic E-state index is -0.334. The number of ketones is 1. The monoisotopic (exact) mass is 508 g/mol. The first-order valence-electron chi connectivity index (χ1n) is 12.6. The van der Waals surface area contributed by atoms with Gasteiger partial charge in [-0.3, -0.25) is 4.79 Å². The van der Waals surface area contributed by atoms with E-state index >= 15 is 0 Å². The number of thioether (sulfide) groups is 1. The van der Waals surface area contributed by atoms with E-state index in [0.29, 0.717) is 24.1 Å². The van der Waals surface area contributed by atoms with E-state index in [0.717, 1.165) is 46.7 Å². The van der Waals surface area contributed by atoms with Crippen LogP contribution in [0, 0.1) is 6.92 Å². The molecule has 0 fully saturated rings. The van der Waals surface area contributed by atoms with Crippen molar-refractivity contribution in [2.75, 3.05) is 5.32 Å². The van der Waals surface area contributed by atoms with Gasteiger partial charge in [0.1, 0.15) is 18.4 Å². The number of benzene rings is 3. The third kappa shape index (κ3) is 4.91. The summed E-state index contributed by atoms with van der Waals surface area (Å²) in [5.41, 5.74) is 6.30. The van der Waals surface area contributed by atoms with E-state index in [1.54, 1.807) is 11.8 Å². The van der Waals surface area contributed by atoms with Crippen molar-refractivity contribution in [3.63, 3.8) is 0 Å². The van der Waals surface area contributed by atoms with Gasteiger partial charge >= 0.3 is 0 Å². The first-order chi connectivity index (χ1) is 18.2. The van der Waals surface area contributed by atoms with Crippen molar-refractivity contribution in [2.24, 2.45) is 0 Å². The summed E-state index contributed by atoms with van der Waals surface area (Å²) in [4.78, 5) is 18.0. The van der Waals surface area contributed by atoms with Crippen LogP contribution in [0.25, 0.3) is 0 Å². The van der Waals surface area contributed by atoms with E-state index in [1.165, 1.54) is 11.1 Å². The average molecular weight is 509 g/mol. The third-order valence-corrected chi connectivity index (χ3v) is 7.80. The Kier molecular flexibility index (Phi) is 6.53. The highest BCUT2D eigenvalue weighted by molar-refractivity contribution is 7.98. The number of fused-ring (bicyclic) bond motifs is 1. The molecule has 2 aliphatic rings. The van der Waals surface area contributed by atoms with Gasteiger partial charge in [0.05, 0.1) is 0 Å². The molecule has 7 heteroatoms. The van der Waals surface area contributed by atoms with E-state index in [2.05, 4.69) is 36.5 Å². The smallest absolute Gasteiger partial charge is 0.227 e. The van der Waals surface area contributed by atoms with Crippen LogP contribution in [0.3, 0.4) is 0 Å². The predicted octanol–water partition coefficient (Wildman–Crippen LogP) is 6.48. The Morgan fingerprint density at radius 1 is 1.03 bits per heavy atom. The van der Waals surface area contributed by atoms with Crippen molar-refractivity contribution in [2.45, 2.75) is 49.7 Å². The molecule has 186 valence electrons. The quantitative estimate of drug-likeness (QED) is 0.288. The van der Waals surface area contributed by atoms with Crippen molar-refractivity contribution < 1.29 is 9.53 Å². The van der Waals surface area contributed by atoms with Crippen LogP contribution < -0.4 is 10.1 Å². The van der Waals surface area contributed by atoms with Crippen molar-refractivity contribution >= 4 is 23.5 Å². The molecular formula is C30H28N4O2S. The summed E-state index contributed by atoms with van der Waals surface area (Å²) in [6, 6.07) is 26.2. The third-order valence-electron chi connectivity index (χ3n) is 6.89. The van der Waals surface area contributed by atoms with E-state index < -0.39 is 0 Å². The first-order valence-corrected chi connectivity index (χ1v) is 13.6. The van der Waals surface area contributed by atoms with Gasteiger partial charge in [-0.15, -0.1) is 5.10 Å². The predicted molar refractivity (Wildman–Crippen MR) is 146 cm³/mol. The summed E-state index contributed by atoms with van der Waals surface area (Å²) in [6.07, 6.45) is 2.24. The van der Waals surface area contributed by atoms with Crippen LogP contribution in [0.15, 0.2) is 95.3 Å². The fourth-order valence-electron chi connectivity index (χ4n) is 4.94. The number of carbonyl (C=O) groups excluding carboxylic acids is 1. The number of hydrogen-bond acceptors (Lipinski definition) is 6. The number of hydrogen-bond donors (Lipinski definition) is 1. The lowest BCUT2D eigenvalue weighted by Crippen LogP contribution is -2.31. The molecule has 4 aromatic rings. The van der Waals surface area contributed by atoms with Crippen molar-refractivity contribution in [3.05, 3.63) is 112 Å². The zero-order valence-corrected chi connectivity index (χ0v) is 21.5. The number of anilines is 1. The van der Waals surface area contributed by atoms with E-state index in [9.17, 15) is 4.79 Å². The number of nitrogens with zero attached hydrogens (tertiary/aromatic N) is 3. The molecule has 0 saturated carbocycles. The highest BCUT2D eigenvalue weighted by Crippen LogP contribution is 2.41. The van der Waals surface area contributed by atoms with Gasteiger partial charge in [-0.25, -0.2) is 4.68 Å². The van der Waals surface area contributed by atoms with Gasteiger partial charge in [0.2, 0.25) is 11.1 Å². The highest BCUT2D eigenvalue weighted by Gasteiger charge is 2.37. The highest BCUT2D eigenvalue weighted by atomic mass is 32.2. The van der Waals surface area contributed by atoms with Gasteiger partial charge in [0.25, 0.3) is 0 Å². The zero-order chi connectivity index (χ0) is 25.2. The lowest BCUT2D eigenvalue weighted by atomic mass is 9.85. The zero-order valence-electron chi connectivity index (χ0n) is 20.7. The second-order valence-electron chi connectivity index (χ2n) is 9.42. The molecule has 0 bridgehead atoms. The number of aryl methyl sites for hydroxylation is 1. The van der Waals surface area contributed by atoms with Crippen molar-refractivity contribution in [1.29, 1.82) is 0 Å². The summed E-state index contributed by atoms with van der Waals surface area (Å²) in [5, 5.41) is 8.97. The molecule has 6 rings (SSSR count). The van der Waals surface area contributed by atoms with Gasteiger partial charge in [0.15, 0.2) is 5.78 Å². The van der Waals surface area contributed by atoms with Crippen molar-refractivity contribution in [1.82, 2.24) is 14.8 Å². The van der Waals surface area contributed by atoms with E-state index in [1.807, 2.05) is 59.3 Å². The Morgan fingerprint density at radius 3 is 2.73 bits per heavy atom. The molecule has 1 unspecified atom stereocenters. The lowest BCUT2D eigenvalue weighted by Gasteiger charge is -2.32. The maximum atomic E-state index is 13.2. The molecule has 6 nitrogen and oxygen atoms in total. The van der Waals surface area contributed by atoms with Crippen LogP contribution in [0.4, 0.5) is 5.95 Å². The fraction of sp³-hybridized carbons (Fsp3) is 0.233. The molecular weight excluding hydrogens is 480 g/mol. The number of allylic oxidation sites excluding steroid dienone is 2. The Bertz CT molecular complexity index is 1480. The molecule has 2 heterocycles. The first kappa shape index (κ1) is 23.6. The van der Waals surface area contributed by atoms with Gasteiger partial charge in [-0.1, -0.05) is 78.5 Å². The summed E-state index contributed by atoms with van der Waals surface area (Å²) < 4.78 is 8.05. The standard InChI is InChI=1S/C30H28N4O2S/c1-20-9-5-6-12-23(20)18-36-24-14-7-13-22(17-24)28-27-25(15-8-16-26(27)35)31-29-32-30(33-34(28)29)37-19-21-10-3-2-4-11-21/h2-7,9-14,17,28H,8,15-16,18-19H2,1H3,(H,31,32,33). The van der Waals surface area contributed by atoms with Gasteiger partial charge in [-0.2, -0.15) is 4.98 Å². The SMILES string of the molecule is Cc1ccccc1COc1cccc(C2C3=C(CCCC3=O)Nc3nc(SCc4ccccc4)nn32)c1. The minimum Gasteiger partial charge on any atom is -0.489 e. The molecule has 0 amide bonds. The normalized spacial score (nSPS) is 16.7. The molecule has 0 saturated heterocycles. The molecule has 0 spiro atoms. The van der Waals surface area contributed by atoms with E-state index in [-0.39, 0.29) is 11.8 Å². The van der Waals surface area contributed by atoms with Gasteiger partial charge in [0, 0.05) is 23.4 Å². The van der Waals surface area contributed by atoms with Crippen LogP contribution in [-0.4, -0.2) is 20.5 Å². The molecule has 1 aliphatic carbocycles. The largest absolute Gasteiger partial charge is 0.489 e. The average Bonchev–Trinajstić information content (AvgIpc) is 3.34. The molecule has 1 atom stereocenters. The maximum absolute atomic E-state index is 13.2. The van der Waals surface area contributed by atoms with Crippen LogP contribution in [-0.2, 0) is 17.2 Å². The molecule has 3 aromatic carbocycles. The second-order valence-corrected chi connectivity index (χ2v) is 10.4. The second kappa shape index (κ2) is 10.3. The number of aromatic nitrogens is 3. The molecule has 37 heavy (non-hydrogen) atoms. The van der Waals surface area contributed by atoms with Gasteiger partial charge in [-0.05, 0) is 54.2 Å². The Hall–Kier alpha value is -3.84. The fourth-order valence-corrected chi connectivity index (χ4v) is 5.72. The minimum absolute atomic E-state index is 0.171. The Morgan fingerprint density at radius 2 is 1.86 bits per heavy atom. The number of ether oxygens (including phenoxy) is 1. The molecule has 0 radical (unpaired) electrons.